The molecule has 2 aromatic carbocycles. The molecule has 0 saturated carbocycles. The molecule has 0 radical (unpaired) electrons. The number of benzene rings is 2. The molecular formula is C30H35F3N2O3. The number of esters is 1. The van der Waals surface area contributed by atoms with E-state index < -0.39 is 18.2 Å². The van der Waals surface area contributed by atoms with E-state index in [9.17, 15) is 18.0 Å². The first kappa shape index (κ1) is 29.3. The summed E-state index contributed by atoms with van der Waals surface area (Å²) in [5.74, 6) is -0.882. The maximum Gasteiger partial charge on any atom is 0.425 e. The van der Waals surface area contributed by atoms with Crippen LogP contribution in [0.25, 0.3) is 22.5 Å². The van der Waals surface area contributed by atoms with E-state index in [1.54, 1.807) is 24.5 Å². The molecule has 3 aromatic rings. The standard InChI is InChI=1S/C30H35F3N2O3/c1-3-5-7-8-10-22-11-13-24(14-12-22)28-34-20-25(21-35-28)23-15-17-26(18-16-23)38-29(36)27(30(31,32)33)37-19-9-6-4-2/h11-18,20-21,27H,3-10,19H2,1-2H3. The summed E-state index contributed by atoms with van der Waals surface area (Å²) in [6, 6.07) is 14.4. The number of aryl methyl sites for hydroxylation is 1. The zero-order chi connectivity index (χ0) is 27.4. The number of carbonyl (C=O) groups is 1. The van der Waals surface area contributed by atoms with Gasteiger partial charge < -0.3 is 9.47 Å². The summed E-state index contributed by atoms with van der Waals surface area (Å²) in [6.45, 7) is 3.97. The molecule has 38 heavy (non-hydrogen) atoms. The van der Waals surface area contributed by atoms with Crippen molar-refractivity contribution in [1.82, 2.24) is 9.97 Å². The molecular weight excluding hydrogens is 493 g/mol. The lowest BCUT2D eigenvalue weighted by atomic mass is 10.0. The quantitative estimate of drug-likeness (QED) is 0.121. The highest BCUT2D eigenvalue weighted by Gasteiger charge is 2.47. The first-order valence-corrected chi connectivity index (χ1v) is 13.2. The summed E-state index contributed by atoms with van der Waals surface area (Å²) in [5, 5.41) is 0. The lowest BCUT2D eigenvalue weighted by Crippen LogP contribution is -2.42. The number of hydrogen-bond donors (Lipinski definition) is 0. The number of aromatic nitrogens is 2. The molecule has 3 rings (SSSR count). The van der Waals surface area contributed by atoms with Crippen molar-refractivity contribution in [2.45, 2.75) is 77.5 Å². The van der Waals surface area contributed by atoms with Crippen molar-refractivity contribution in [3.05, 3.63) is 66.5 Å². The van der Waals surface area contributed by atoms with E-state index in [0.29, 0.717) is 12.2 Å². The fraction of sp³-hybridized carbons (Fsp3) is 0.433. The van der Waals surface area contributed by atoms with Gasteiger partial charge in [0, 0.05) is 30.1 Å². The van der Waals surface area contributed by atoms with Gasteiger partial charge in [-0.2, -0.15) is 13.2 Å². The third-order valence-electron chi connectivity index (χ3n) is 6.13. The van der Waals surface area contributed by atoms with Crippen molar-refractivity contribution in [3.8, 4) is 28.3 Å². The summed E-state index contributed by atoms with van der Waals surface area (Å²) in [7, 11) is 0. The average Bonchev–Trinajstić information content (AvgIpc) is 2.91. The highest BCUT2D eigenvalue weighted by molar-refractivity contribution is 5.78. The number of ether oxygens (including phenoxy) is 2. The van der Waals surface area contributed by atoms with E-state index in [2.05, 4.69) is 29.0 Å². The number of hydrogen-bond acceptors (Lipinski definition) is 5. The minimum Gasteiger partial charge on any atom is -0.424 e. The molecule has 8 heteroatoms. The van der Waals surface area contributed by atoms with Gasteiger partial charge >= 0.3 is 12.1 Å². The zero-order valence-corrected chi connectivity index (χ0v) is 22.0. The Balaban J connectivity index is 1.59. The highest BCUT2D eigenvalue weighted by Crippen LogP contribution is 2.27. The lowest BCUT2D eigenvalue weighted by Gasteiger charge is -2.19. The number of unbranched alkanes of at least 4 members (excludes halogenated alkanes) is 5. The second-order valence-corrected chi connectivity index (χ2v) is 9.25. The minimum atomic E-state index is -4.85. The van der Waals surface area contributed by atoms with Gasteiger partial charge in [-0.05, 0) is 42.5 Å². The van der Waals surface area contributed by atoms with Crippen LogP contribution in [0.5, 0.6) is 5.75 Å². The summed E-state index contributed by atoms with van der Waals surface area (Å²) in [4.78, 5) is 21.1. The summed E-state index contributed by atoms with van der Waals surface area (Å²) in [5.41, 5.74) is 3.69. The maximum absolute atomic E-state index is 13.3. The first-order valence-electron chi connectivity index (χ1n) is 13.2. The van der Waals surface area contributed by atoms with E-state index in [0.717, 1.165) is 36.0 Å². The smallest absolute Gasteiger partial charge is 0.424 e. The number of carbonyl (C=O) groups excluding carboxylic acids is 1. The second-order valence-electron chi connectivity index (χ2n) is 9.25. The molecule has 0 bridgehead atoms. The molecule has 1 unspecified atom stereocenters. The molecule has 0 aliphatic heterocycles. The third-order valence-corrected chi connectivity index (χ3v) is 6.13. The van der Waals surface area contributed by atoms with Crippen LogP contribution in [0.2, 0.25) is 0 Å². The van der Waals surface area contributed by atoms with E-state index >= 15 is 0 Å². The fourth-order valence-corrected chi connectivity index (χ4v) is 3.94. The van der Waals surface area contributed by atoms with Crippen LogP contribution in [0, 0.1) is 0 Å². The van der Waals surface area contributed by atoms with Crippen molar-refractivity contribution in [2.75, 3.05) is 6.61 Å². The Morgan fingerprint density at radius 3 is 2.00 bits per heavy atom. The topological polar surface area (TPSA) is 61.3 Å². The molecule has 1 atom stereocenters. The van der Waals surface area contributed by atoms with Crippen LogP contribution in [0.4, 0.5) is 13.2 Å². The zero-order valence-electron chi connectivity index (χ0n) is 22.0. The molecule has 0 amide bonds. The van der Waals surface area contributed by atoms with Crippen LogP contribution in [0.1, 0.15) is 64.4 Å². The van der Waals surface area contributed by atoms with Crippen LogP contribution in [-0.4, -0.2) is 34.8 Å². The Labute approximate surface area is 222 Å². The van der Waals surface area contributed by atoms with Gasteiger partial charge in [-0.15, -0.1) is 0 Å². The van der Waals surface area contributed by atoms with E-state index in [1.165, 1.54) is 43.4 Å². The van der Waals surface area contributed by atoms with Gasteiger partial charge in [0.15, 0.2) is 5.82 Å². The van der Waals surface area contributed by atoms with Gasteiger partial charge in [-0.1, -0.05) is 82.3 Å². The van der Waals surface area contributed by atoms with E-state index in [4.69, 9.17) is 9.47 Å². The maximum atomic E-state index is 13.3. The van der Waals surface area contributed by atoms with Crippen LogP contribution < -0.4 is 4.74 Å². The van der Waals surface area contributed by atoms with Gasteiger partial charge in [0.1, 0.15) is 5.75 Å². The molecule has 5 nitrogen and oxygen atoms in total. The minimum absolute atomic E-state index is 0.00233. The molecule has 1 aromatic heterocycles. The summed E-state index contributed by atoms with van der Waals surface area (Å²) in [6.07, 6.45) is 3.88. The summed E-state index contributed by atoms with van der Waals surface area (Å²) >= 11 is 0. The number of halogens is 3. The van der Waals surface area contributed by atoms with Crippen molar-refractivity contribution >= 4 is 5.97 Å². The Morgan fingerprint density at radius 2 is 1.39 bits per heavy atom. The van der Waals surface area contributed by atoms with E-state index in [1.807, 2.05) is 19.1 Å². The van der Waals surface area contributed by atoms with Gasteiger partial charge in [-0.25, -0.2) is 14.8 Å². The van der Waals surface area contributed by atoms with Crippen molar-refractivity contribution in [3.63, 3.8) is 0 Å². The second kappa shape index (κ2) is 14.6. The number of alkyl halides is 3. The Kier molecular flexibility index (Phi) is 11.3. The largest absolute Gasteiger partial charge is 0.425 e. The van der Waals surface area contributed by atoms with Crippen molar-refractivity contribution < 1.29 is 27.4 Å². The van der Waals surface area contributed by atoms with E-state index in [-0.39, 0.29) is 12.4 Å². The van der Waals surface area contributed by atoms with Gasteiger partial charge in [0.2, 0.25) is 0 Å². The molecule has 0 spiro atoms. The molecule has 0 saturated heterocycles. The lowest BCUT2D eigenvalue weighted by molar-refractivity contribution is -0.225. The fourth-order valence-electron chi connectivity index (χ4n) is 3.94. The SMILES string of the molecule is CCCCCCc1ccc(-c2ncc(-c3ccc(OC(=O)C(OCCCCC)C(F)(F)F)cc3)cn2)cc1. The molecule has 0 aliphatic rings. The monoisotopic (exact) mass is 528 g/mol. The van der Waals surface area contributed by atoms with Crippen molar-refractivity contribution in [1.29, 1.82) is 0 Å². The van der Waals surface area contributed by atoms with Crippen LogP contribution in [-0.2, 0) is 16.0 Å². The highest BCUT2D eigenvalue weighted by atomic mass is 19.4. The Morgan fingerprint density at radius 1 is 0.789 bits per heavy atom. The van der Waals surface area contributed by atoms with Crippen molar-refractivity contribution in [2.24, 2.45) is 0 Å². The number of rotatable bonds is 14. The van der Waals surface area contributed by atoms with Crippen LogP contribution >= 0.6 is 0 Å². The predicted molar refractivity (Wildman–Crippen MR) is 142 cm³/mol. The predicted octanol–water partition coefficient (Wildman–Crippen LogP) is 7.98. The summed E-state index contributed by atoms with van der Waals surface area (Å²) < 4.78 is 49.6. The van der Waals surface area contributed by atoms with Crippen LogP contribution in [0.15, 0.2) is 60.9 Å². The average molecular weight is 529 g/mol. The van der Waals surface area contributed by atoms with Crippen LogP contribution in [0.3, 0.4) is 0 Å². The van der Waals surface area contributed by atoms with Gasteiger partial charge in [0.05, 0.1) is 0 Å². The van der Waals surface area contributed by atoms with Gasteiger partial charge in [0.25, 0.3) is 6.10 Å². The molecule has 204 valence electrons. The Bertz CT molecular complexity index is 1120. The first-order chi connectivity index (χ1) is 18.3. The third kappa shape index (κ3) is 8.94. The molecule has 1 heterocycles. The van der Waals surface area contributed by atoms with Gasteiger partial charge in [-0.3, -0.25) is 0 Å². The molecule has 0 N–H and O–H groups in total. The normalized spacial score (nSPS) is 12.3. The molecule has 0 fully saturated rings. The Hall–Kier alpha value is -3.26. The number of nitrogens with zero attached hydrogens (tertiary/aromatic N) is 2. The molecule has 0 aliphatic carbocycles.